The van der Waals surface area contributed by atoms with E-state index >= 15 is 0 Å². The van der Waals surface area contributed by atoms with Crippen LogP contribution in [0.3, 0.4) is 0 Å². The first-order valence-corrected chi connectivity index (χ1v) is 7.58. The molecule has 0 saturated heterocycles. The smallest absolute Gasteiger partial charge is 0.282 e. The van der Waals surface area contributed by atoms with Crippen molar-refractivity contribution in [3.63, 3.8) is 0 Å². The van der Waals surface area contributed by atoms with Crippen LogP contribution in [0.4, 0.5) is 11.4 Å². The van der Waals surface area contributed by atoms with Crippen LogP contribution in [0.5, 0.6) is 0 Å². The Bertz CT molecular complexity index is 845. The molecule has 1 aromatic heterocycles. The monoisotopic (exact) mass is 325 g/mol. The molecule has 0 saturated carbocycles. The topological polar surface area (TPSA) is 85.1 Å². The lowest BCUT2D eigenvalue weighted by Crippen LogP contribution is -2.13. The van der Waals surface area contributed by atoms with E-state index in [0.717, 1.165) is 10.6 Å². The van der Waals surface area contributed by atoms with E-state index in [1.807, 2.05) is 17.5 Å². The van der Waals surface area contributed by atoms with E-state index in [4.69, 9.17) is 0 Å². The van der Waals surface area contributed by atoms with Crippen molar-refractivity contribution in [1.82, 2.24) is 4.98 Å². The zero-order valence-corrected chi connectivity index (χ0v) is 12.6. The number of carbonyl (C=O) groups is 1. The molecule has 3 aromatic rings. The third-order valence-electron chi connectivity index (χ3n) is 3.17. The molecule has 1 heterocycles. The van der Waals surface area contributed by atoms with Crippen molar-refractivity contribution >= 4 is 28.6 Å². The minimum Gasteiger partial charge on any atom is -0.322 e. The number of nitro groups is 1. The second-order valence-electron chi connectivity index (χ2n) is 4.64. The number of thiazole rings is 1. The van der Waals surface area contributed by atoms with Gasteiger partial charge in [-0.05, 0) is 30.3 Å². The number of hydrogen-bond donors (Lipinski definition) is 1. The Morgan fingerprint density at radius 3 is 2.52 bits per heavy atom. The van der Waals surface area contributed by atoms with Gasteiger partial charge in [-0.15, -0.1) is 11.3 Å². The van der Waals surface area contributed by atoms with Crippen molar-refractivity contribution in [2.45, 2.75) is 0 Å². The summed E-state index contributed by atoms with van der Waals surface area (Å²) in [5.41, 5.74) is 1.32. The van der Waals surface area contributed by atoms with Crippen molar-refractivity contribution in [2.75, 3.05) is 5.32 Å². The number of hydrogen-bond acceptors (Lipinski definition) is 5. The summed E-state index contributed by atoms with van der Waals surface area (Å²) in [5, 5.41) is 16.4. The summed E-state index contributed by atoms with van der Waals surface area (Å²) in [6.45, 7) is 0. The molecule has 0 radical (unpaired) electrons. The summed E-state index contributed by atoms with van der Waals surface area (Å²) >= 11 is 1.52. The van der Waals surface area contributed by atoms with Gasteiger partial charge < -0.3 is 5.32 Å². The predicted molar refractivity (Wildman–Crippen MR) is 88.6 cm³/mol. The average molecular weight is 325 g/mol. The molecule has 23 heavy (non-hydrogen) atoms. The van der Waals surface area contributed by atoms with E-state index in [1.165, 1.54) is 29.5 Å². The number of benzene rings is 2. The lowest BCUT2D eigenvalue weighted by Gasteiger charge is -2.06. The number of nitrogens with one attached hydrogen (secondary N) is 1. The zero-order valence-electron chi connectivity index (χ0n) is 11.8. The molecule has 0 aliphatic carbocycles. The van der Waals surface area contributed by atoms with E-state index < -0.39 is 10.8 Å². The van der Waals surface area contributed by atoms with Crippen LogP contribution in [0.25, 0.3) is 10.6 Å². The van der Waals surface area contributed by atoms with E-state index in [1.54, 1.807) is 24.4 Å². The maximum atomic E-state index is 12.2. The molecule has 1 N–H and O–H groups in total. The maximum absolute atomic E-state index is 12.2. The van der Waals surface area contributed by atoms with Crippen LogP contribution in [-0.4, -0.2) is 15.8 Å². The van der Waals surface area contributed by atoms with Gasteiger partial charge >= 0.3 is 0 Å². The van der Waals surface area contributed by atoms with Crippen LogP contribution < -0.4 is 5.32 Å². The third kappa shape index (κ3) is 3.24. The normalized spacial score (nSPS) is 10.3. The lowest BCUT2D eigenvalue weighted by atomic mass is 10.1. The number of anilines is 1. The zero-order chi connectivity index (χ0) is 16.2. The van der Waals surface area contributed by atoms with Gasteiger partial charge in [-0.2, -0.15) is 0 Å². The largest absolute Gasteiger partial charge is 0.322 e. The molecule has 114 valence electrons. The van der Waals surface area contributed by atoms with Crippen LogP contribution in [0.2, 0.25) is 0 Å². The van der Waals surface area contributed by atoms with Gasteiger partial charge in [0, 0.05) is 28.9 Å². The van der Waals surface area contributed by atoms with E-state index in [-0.39, 0.29) is 11.3 Å². The van der Waals surface area contributed by atoms with Crippen molar-refractivity contribution in [3.05, 3.63) is 75.8 Å². The molecular formula is C16H11N3O3S. The Morgan fingerprint density at radius 1 is 1.13 bits per heavy atom. The first-order chi connectivity index (χ1) is 11.1. The standard InChI is InChI=1S/C16H11N3O3S/c20-15(13-3-1-2-4-14(13)19(21)22)18-12-7-5-11(6-8-12)16-17-9-10-23-16/h1-10H,(H,18,20). The first kappa shape index (κ1) is 14.9. The molecule has 0 unspecified atom stereocenters. The minimum atomic E-state index is -0.569. The summed E-state index contributed by atoms with van der Waals surface area (Å²) < 4.78 is 0. The number of nitrogens with zero attached hydrogens (tertiary/aromatic N) is 2. The summed E-state index contributed by atoms with van der Waals surface area (Å²) in [4.78, 5) is 26.8. The molecule has 6 nitrogen and oxygen atoms in total. The van der Waals surface area contributed by atoms with Gasteiger partial charge in [0.2, 0.25) is 0 Å². The summed E-state index contributed by atoms with van der Waals surface area (Å²) in [6.07, 6.45) is 1.73. The van der Waals surface area contributed by atoms with E-state index in [0.29, 0.717) is 5.69 Å². The van der Waals surface area contributed by atoms with E-state index in [2.05, 4.69) is 10.3 Å². The van der Waals surface area contributed by atoms with Gasteiger partial charge in [0.25, 0.3) is 11.6 Å². The van der Waals surface area contributed by atoms with E-state index in [9.17, 15) is 14.9 Å². The Kier molecular flexibility index (Phi) is 4.11. The molecule has 0 atom stereocenters. The highest BCUT2D eigenvalue weighted by Gasteiger charge is 2.19. The van der Waals surface area contributed by atoms with Crippen LogP contribution in [0.1, 0.15) is 10.4 Å². The van der Waals surface area contributed by atoms with Crippen LogP contribution >= 0.6 is 11.3 Å². The highest BCUT2D eigenvalue weighted by atomic mass is 32.1. The highest BCUT2D eigenvalue weighted by Crippen LogP contribution is 2.24. The number of para-hydroxylation sites is 1. The maximum Gasteiger partial charge on any atom is 0.282 e. The summed E-state index contributed by atoms with van der Waals surface area (Å²) in [5.74, 6) is -0.515. The molecular weight excluding hydrogens is 314 g/mol. The molecule has 0 fully saturated rings. The Labute approximate surface area is 135 Å². The van der Waals surface area contributed by atoms with Gasteiger partial charge in [0.15, 0.2) is 0 Å². The molecule has 1 amide bonds. The molecule has 2 aromatic carbocycles. The quantitative estimate of drug-likeness (QED) is 0.581. The minimum absolute atomic E-state index is 0.0292. The van der Waals surface area contributed by atoms with Crippen LogP contribution in [-0.2, 0) is 0 Å². The van der Waals surface area contributed by atoms with Gasteiger partial charge in [-0.3, -0.25) is 14.9 Å². The lowest BCUT2D eigenvalue weighted by molar-refractivity contribution is -0.385. The fourth-order valence-corrected chi connectivity index (χ4v) is 2.73. The van der Waals surface area contributed by atoms with Crippen molar-refractivity contribution in [1.29, 1.82) is 0 Å². The van der Waals surface area contributed by atoms with Crippen molar-refractivity contribution < 1.29 is 9.72 Å². The summed E-state index contributed by atoms with van der Waals surface area (Å²) in [6, 6.07) is 13.0. The summed E-state index contributed by atoms with van der Waals surface area (Å²) in [7, 11) is 0. The van der Waals surface area contributed by atoms with Crippen LogP contribution in [0.15, 0.2) is 60.1 Å². The number of aromatic nitrogens is 1. The highest BCUT2D eigenvalue weighted by molar-refractivity contribution is 7.13. The molecule has 0 aliphatic heterocycles. The number of rotatable bonds is 4. The molecule has 0 aliphatic rings. The number of amides is 1. The SMILES string of the molecule is O=C(Nc1ccc(-c2nccs2)cc1)c1ccccc1[N+](=O)[O-]. The van der Waals surface area contributed by atoms with Gasteiger partial charge in [-0.25, -0.2) is 4.98 Å². The van der Waals surface area contributed by atoms with Crippen molar-refractivity contribution in [3.8, 4) is 10.6 Å². The van der Waals surface area contributed by atoms with Gasteiger partial charge in [-0.1, -0.05) is 12.1 Å². The predicted octanol–water partition coefficient (Wildman–Crippen LogP) is 3.97. The number of carbonyl (C=O) groups excluding carboxylic acids is 1. The fourth-order valence-electron chi connectivity index (χ4n) is 2.09. The molecule has 0 bridgehead atoms. The van der Waals surface area contributed by atoms with Gasteiger partial charge in [0.05, 0.1) is 4.92 Å². The fraction of sp³-hybridized carbons (Fsp3) is 0. The second kappa shape index (κ2) is 6.37. The molecule has 0 spiro atoms. The third-order valence-corrected chi connectivity index (χ3v) is 3.99. The van der Waals surface area contributed by atoms with Crippen molar-refractivity contribution in [2.24, 2.45) is 0 Å². The second-order valence-corrected chi connectivity index (χ2v) is 5.54. The first-order valence-electron chi connectivity index (χ1n) is 6.70. The van der Waals surface area contributed by atoms with Gasteiger partial charge in [0.1, 0.15) is 10.6 Å². The Balaban J connectivity index is 1.80. The molecule has 3 rings (SSSR count). The average Bonchev–Trinajstić information content (AvgIpc) is 3.10. The number of nitro benzene ring substituents is 1. The van der Waals surface area contributed by atoms with Crippen LogP contribution in [0, 0.1) is 10.1 Å². The Hall–Kier alpha value is -3.06. The Morgan fingerprint density at radius 2 is 1.87 bits per heavy atom. The molecule has 7 heteroatoms.